The average Bonchev–Trinajstić information content (AvgIpc) is 3.39. The molecule has 3 aromatic rings. The summed E-state index contributed by atoms with van der Waals surface area (Å²) in [5.74, 6) is -1.93. The van der Waals surface area contributed by atoms with E-state index in [1.165, 1.54) is 24.3 Å². The Labute approximate surface area is 234 Å². The molecule has 40 heavy (non-hydrogen) atoms. The number of hydrogen-bond donors (Lipinski definition) is 5. The Morgan fingerprint density at radius 3 is 2.62 bits per heavy atom. The molecule has 2 atom stereocenters. The molecule has 0 unspecified atom stereocenters. The minimum absolute atomic E-state index is 0.0680. The average molecular weight is 571 g/mol. The smallest absolute Gasteiger partial charge is 0.326 e. The molecule has 0 saturated heterocycles. The SMILES string of the molecule is C[C@H](N)C(=O)N[C@@H](CCC(=O)NCc1cnc(-c2ccc(NCC3(c4ncccc4F)CCC3)nn2)s1)C(=O)O. The molecule has 1 saturated carbocycles. The maximum absolute atomic E-state index is 14.4. The second kappa shape index (κ2) is 12.9. The first-order chi connectivity index (χ1) is 19.2. The minimum Gasteiger partial charge on any atom is -0.480 e. The predicted molar refractivity (Wildman–Crippen MR) is 146 cm³/mol. The summed E-state index contributed by atoms with van der Waals surface area (Å²) in [5, 5.41) is 26.7. The van der Waals surface area contributed by atoms with Crippen LogP contribution in [0.25, 0.3) is 10.7 Å². The van der Waals surface area contributed by atoms with Crippen LogP contribution in [-0.4, -0.2) is 61.7 Å². The molecule has 2 amide bonds. The molecule has 0 aliphatic heterocycles. The predicted octanol–water partition coefficient (Wildman–Crippen LogP) is 1.98. The van der Waals surface area contributed by atoms with Crippen molar-refractivity contribution in [3.63, 3.8) is 0 Å². The Bertz CT molecular complexity index is 1350. The molecule has 6 N–H and O–H groups in total. The van der Waals surface area contributed by atoms with E-state index in [1.54, 1.807) is 30.6 Å². The standard InChI is InChI=1S/C26H31FN8O4S/c1-15(28)23(37)33-19(25(38)39)6-8-21(36)30-12-16-13-31-24(40-16)18-5-7-20(35-34-18)32-14-26(9-3-10-26)22-17(27)4-2-11-29-22/h2,4-5,7,11,13,15,19H,3,6,8-10,12,14,28H2,1H3,(H,30,36)(H,32,35)(H,33,37)(H,38,39)/t15-,19-/m0/s1. The number of carboxylic acid groups (broad SMARTS) is 1. The number of aliphatic carboxylic acids is 1. The summed E-state index contributed by atoms with van der Waals surface area (Å²) in [6.07, 6.45) is 5.80. The number of carboxylic acids is 1. The van der Waals surface area contributed by atoms with E-state index < -0.39 is 24.0 Å². The summed E-state index contributed by atoms with van der Waals surface area (Å²) in [6, 6.07) is 4.54. The van der Waals surface area contributed by atoms with Crippen molar-refractivity contribution in [2.24, 2.45) is 5.73 Å². The van der Waals surface area contributed by atoms with E-state index >= 15 is 0 Å². The molecule has 1 fully saturated rings. The first-order valence-corrected chi connectivity index (χ1v) is 13.7. The number of rotatable bonds is 13. The van der Waals surface area contributed by atoms with E-state index in [4.69, 9.17) is 5.73 Å². The molecule has 0 radical (unpaired) electrons. The minimum atomic E-state index is -1.24. The van der Waals surface area contributed by atoms with Gasteiger partial charge in [-0.25, -0.2) is 14.2 Å². The number of carbonyl (C=O) groups is 3. The highest BCUT2D eigenvalue weighted by Gasteiger charge is 2.41. The van der Waals surface area contributed by atoms with Gasteiger partial charge in [-0.3, -0.25) is 14.6 Å². The Morgan fingerprint density at radius 2 is 2.00 bits per heavy atom. The quantitative estimate of drug-likeness (QED) is 0.203. The zero-order valence-corrected chi connectivity index (χ0v) is 22.7. The Kier molecular flexibility index (Phi) is 9.32. The van der Waals surface area contributed by atoms with E-state index in [2.05, 4.69) is 36.1 Å². The molecule has 3 aromatic heterocycles. The summed E-state index contributed by atoms with van der Waals surface area (Å²) in [7, 11) is 0. The normalized spacial score (nSPS) is 15.4. The third kappa shape index (κ3) is 7.12. The summed E-state index contributed by atoms with van der Waals surface area (Å²) in [6.45, 7) is 2.15. The fraction of sp³-hybridized carbons (Fsp3) is 0.423. The van der Waals surface area contributed by atoms with Gasteiger partial charge in [0.15, 0.2) is 0 Å². The zero-order chi connectivity index (χ0) is 28.7. The third-order valence-electron chi connectivity index (χ3n) is 6.76. The summed E-state index contributed by atoms with van der Waals surface area (Å²) in [5.41, 5.74) is 6.14. The summed E-state index contributed by atoms with van der Waals surface area (Å²) >= 11 is 1.34. The highest BCUT2D eigenvalue weighted by Crippen LogP contribution is 2.43. The Morgan fingerprint density at radius 1 is 1.20 bits per heavy atom. The lowest BCUT2D eigenvalue weighted by molar-refractivity contribution is -0.142. The van der Waals surface area contributed by atoms with Crippen LogP contribution in [0.5, 0.6) is 0 Å². The van der Waals surface area contributed by atoms with Crippen molar-refractivity contribution in [3.8, 4) is 10.7 Å². The maximum Gasteiger partial charge on any atom is 0.326 e. The molecule has 12 nitrogen and oxygen atoms in total. The lowest BCUT2D eigenvalue weighted by Gasteiger charge is -2.41. The van der Waals surface area contributed by atoms with Gasteiger partial charge in [-0.05, 0) is 50.5 Å². The second-order valence-corrected chi connectivity index (χ2v) is 10.9. The van der Waals surface area contributed by atoms with Crippen LogP contribution in [0.3, 0.4) is 0 Å². The number of carbonyl (C=O) groups excluding carboxylic acids is 2. The second-order valence-electron chi connectivity index (χ2n) is 9.76. The van der Waals surface area contributed by atoms with Crippen molar-refractivity contribution >= 4 is 34.9 Å². The first kappa shape index (κ1) is 29.0. The molecular formula is C26H31FN8O4S. The fourth-order valence-corrected chi connectivity index (χ4v) is 5.11. The first-order valence-electron chi connectivity index (χ1n) is 12.9. The number of nitrogens with one attached hydrogen (secondary N) is 3. The maximum atomic E-state index is 14.4. The third-order valence-corrected chi connectivity index (χ3v) is 7.78. The van der Waals surface area contributed by atoms with Crippen LogP contribution in [0.4, 0.5) is 10.2 Å². The monoisotopic (exact) mass is 570 g/mol. The number of halogens is 1. The van der Waals surface area contributed by atoms with Crippen molar-refractivity contribution < 1.29 is 23.9 Å². The number of nitrogens with two attached hydrogens (primary N) is 1. The number of pyridine rings is 1. The lowest BCUT2D eigenvalue weighted by atomic mass is 9.66. The number of amides is 2. The number of anilines is 1. The molecule has 0 bridgehead atoms. The van der Waals surface area contributed by atoms with Crippen LogP contribution in [0.15, 0.2) is 36.7 Å². The number of hydrogen-bond acceptors (Lipinski definition) is 10. The van der Waals surface area contributed by atoms with Crippen molar-refractivity contribution in [2.45, 2.75) is 63.1 Å². The van der Waals surface area contributed by atoms with Gasteiger partial charge in [0.2, 0.25) is 11.8 Å². The van der Waals surface area contributed by atoms with Gasteiger partial charge in [0.1, 0.15) is 28.4 Å². The molecule has 212 valence electrons. The lowest BCUT2D eigenvalue weighted by Crippen LogP contribution is -2.47. The van der Waals surface area contributed by atoms with Crippen molar-refractivity contribution in [1.82, 2.24) is 30.8 Å². The zero-order valence-electron chi connectivity index (χ0n) is 21.9. The summed E-state index contributed by atoms with van der Waals surface area (Å²) in [4.78, 5) is 44.7. The van der Waals surface area contributed by atoms with Gasteiger partial charge in [-0.2, -0.15) is 0 Å². The van der Waals surface area contributed by atoms with Gasteiger partial charge in [0.05, 0.1) is 18.3 Å². The van der Waals surface area contributed by atoms with Crippen LogP contribution in [0, 0.1) is 5.82 Å². The van der Waals surface area contributed by atoms with Crippen molar-refractivity contribution in [2.75, 3.05) is 11.9 Å². The molecule has 1 aliphatic carbocycles. The highest BCUT2D eigenvalue weighted by molar-refractivity contribution is 7.15. The Hall–Kier alpha value is -4.04. The van der Waals surface area contributed by atoms with E-state index in [0.717, 1.165) is 24.1 Å². The van der Waals surface area contributed by atoms with Gasteiger partial charge >= 0.3 is 5.97 Å². The summed E-state index contributed by atoms with van der Waals surface area (Å²) < 4.78 is 14.4. The topological polar surface area (TPSA) is 185 Å². The van der Waals surface area contributed by atoms with Crippen LogP contribution < -0.4 is 21.7 Å². The highest BCUT2D eigenvalue weighted by atomic mass is 32.1. The van der Waals surface area contributed by atoms with Crippen LogP contribution in [0.2, 0.25) is 0 Å². The van der Waals surface area contributed by atoms with Gasteiger partial charge in [-0.15, -0.1) is 21.5 Å². The van der Waals surface area contributed by atoms with Gasteiger partial charge < -0.3 is 26.8 Å². The van der Waals surface area contributed by atoms with E-state index in [0.29, 0.717) is 28.8 Å². The van der Waals surface area contributed by atoms with Crippen molar-refractivity contribution in [3.05, 3.63) is 53.0 Å². The van der Waals surface area contributed by atoms with Gasteiger partial charge in [0.25, 0.3) is 0 Å². The fourth-order valence-electron chi connectivity index (χ4n) is 4.29. The Balaban J connectivity index is 1.26. The molecular weight excluding hydrogens is 539 g/mol. The molecule has 4 rings (SSSR count). The van der Waals surface area contributed by atoms with E-state index in [9.17, 15) is 23.9 Å². The number of aromatic nitrogens is 4. The number of nitrogens with zero attached hydrogens (tertiary/aromatic N) is 4. The van der Waals surface area contributed by atoms with Crippen LogP contribution >= 0.6 is 11.3 Å². The van der Waals surface area contributed by atoms with Crippen LogP contribution in [0.1, 0.15) is 49.6 Å². The number of thiazole rings is 1. The van der Waals surface area contributed by atoms with Crippen molar-refractivity contribution in [1.29, 1.82) is 0 Å². The van der Waals surface area contributed by atoms with Gasteiger partial charge in [0, 0.05) is 35.7 Å². The molecule has 14 heteroatoms. The molecule has 0 spiro atoms. The van der Waals surface area contributed by atoms with E-state index in [1.807, 2.05) is 0 Å². The van der Waals surface area contributed by atoms with Gasteiger partial charge in [-0.1, -0.05) is 6.42 Å². The molecule has 3 heterocycles. The molecule has 1 aliphatic rings. The van der Waals surface area contributed by atoms with E-state index in [-0.39, 0.29) is 36.5 Å². The largest absolute Gasteiger partial charge is 0.480 e. The van der Waals surface area contributed by atoms with Crippen LogP contribution in [-0.2, 0) is 26.3 Å². The molecule has 0 aromatic carbocycles.